The van der Waals surface area contributed by atoms with E-state index in [0.717, 1.165) is 18.5 Å². The smallest absolute Gasteiger partial charge is 0.326 e. The van der Waals surface area contributed by atoms with Crippen molar-refractivity contribution in [1.29, 1.82) is 0 Å². The van der Waals surface area contributed by atoms with Crippen molar-refractivity contribution >= 4 is 17.8 Å². The molecule has 1 aliphatic rings. The number of carbonyl (C=O) groups is 3. The molecule has 0 spiro atoms. The zero-order valence-corrected chi connectivity index (χ0v) is 16.9. The molecule has 1 amide bonds. The van der Waals surface area contributed by atoms with Crippen molar-refractivity contribution in [2.75, 3.05) is 13.1 Å². The number of carboxylic acids is 2. The fourth-order valence-electron chi connectivity index (χ4n) is 3.93. The largest absolute Gasteiger partial charge is 0.508 e. The minimum atomic E-state index is -1.24. The van der Waals surface area contributed by atoms with Gasteiger partial charge in [0.1, 0.15) is 11.8 Å². The fourth-order valence-corrected chi connectivity index (χ4v) is 3.93. The number of rotatable bonds is 9. The first-order valence-corrected chi connectivity index (χ1v) is 9.96. The first-order chi connectivity index (χ1) is 13.7. The van der Waals surface area contributed by atoms with Crippen LogP contribution in [0.25, 0.3) is 0 Å². The number of carboxylic acid groups (broad SMARTS) is 2. The van der Waals surface area contributed by atoms with E-state index >= 15 is 0 Å². The van der Waals surface area contributed by atoms with E-state index in [0.29, 0.717) is 18.4 Å². The molecule has 8 heteroatoms. The highest BCUT2D eigenvalue weighted by atomic mass is 16.4. The van der Waals surface area contributed by atoms with E-state index in [4.69, 9.17) is 5.11 Å². The molecule has 4 atom stereocenters. The molecule has 0 bridgehead atoms. The number of phenolic OH excluding ortho intramolecular Hbond substituents is 1. The number of phenols is 1. The standard InChI is InChI=1S/C21H30N2O6/c1-13-8-10-23(20(14(13)2)15-4-3-5-16(24)12-15)11-9-18(25)22-17(21(28)29)6-7-19(26)27/h3-5,12-14,17,20,24H,6-11H2,1-2H3,(H,22,25)(H,26,27)(H,28,29)/t13-,14-,17+,20?/m1/s1. The van der Waals surface area contributed by atoms with E-state index in [-0.39, 0.29) is 31.1 Å². The molecule has 0 radical (unpaired) electrons. The topological polar surface area (TPSA) is 127 Å². The molecule has 0 aliphatic carbocycles. The Morgan fingerprint density at radius 1 is 1.21 bits per heavy atom. The van der Waals surface area contributed by atoms with Crippen molar-refractivity contribution in [3.63, 3.8) is 0 Å². The molecule has 8 nitrogen and oxygen atoms in total. The maximum Gasteiger partial charge on any atom is 0.326 e. The van der Waals surface area contributed by atoms with Crippen molar-refractivity contribution in [1.82, 2.24) is 10.2 Å². The minimum Gasteiger partial charge on any atom is -0.508 e. The third-order valence-corrected chi connectivity index (χ3v) is 5.78. The van der Waals surface area contributed by atoms with E-state index in [1.807, 2.05) is 6.07 Å². The number of amides is 1. The second kappa shape index (κ2) is 10.2. The molecule has 160 valence electrons. The Morgan fingerprint density at radius 3 is 2.55 bits per heavy atom. The van der Waals surface area contributed by atoms with Crippen LogP contribution >= 0.6 is 0 Å². The third-order valence-electron chi connectivity index (χ3n) is 5.78. The average Bonchev–Trinajstić information content (AvgIpc) is 2.65. The zero-order chi connectivity index (χ0) is 21.6. The predicted molar refractivity (Wildman–Crippen MR) is 106 cm³/mol. The number of carbonyl (C=O) groups excluding carboxylic acids is 1. The van der Waals surface area contributed by atoms with Gasteiger partial charge in [0.15, 0.2) is 0 Å². The summed E-state index contributed by atoms with van der Waals surface area (Å²) in [5, 5.41) is 30.2. The van der Waals surface area contributed by atoms with Crippen LogP contribution in [0.3, 0.4) is 0 Å². The molecule has 1 aromatic carbocycles. The number of piperidine rings is 1. The summed E-state index contributed by atoms with van der Waals surface area (Å²) in [6.45, 7) is 5.62. The van der Waals surface area contributed by atoms with Gasteiger partial charge in [-0.15, -0.1) is 0 Å². The van der Waals surface area contributed by atoms with Gasteiger partial charge in [-0.1, -0.05) is 26.0 Å². The second-order valence-electron chi connectivity index (χ2n) is 7.84. The Balaban J connectivity index is 2.01. The number of likely N-dealkylation sites (tertiary alicyclic amines) is 1. The lowest BCUT2D eigenvalue weighted by Gasteiger charge is -2.43. The lowest BCUT2D eigenvalue weighted by molar-refractivity contribution is -0.143. The van der Waals surface area contributed by atoms with E-state index in [9.17, 15) is 24.6 Å². The van der Waals surface area contributed by atoms with Gasteiger partial charge in [0.05, 0.1) is 0 Å². The molecule has 4 N–H and O–H groups in total. The molecule has 1 saturated heterocycles. The SMILES string of the molecule is C[C@@H]1CCN(CCC(=O)N[C@@H](CCC(=O)O)C(=O)O)C(c2cccc(O)c2)[C@@H]1C. The highest BCUT2D eigenvalue weighted by Gasteiger charge is 2.34. The van der Waals surface area contributed by atoms with Crippen LogP contribution in [0, 0.1) is 11.8 Å². The predicted octanol–water partition coefficient (Wildman–Crippen LogP) is 2.24. The fraction of sp³-hybridized carbons (Fsp3) is 0.571. The van der Waals surface area contributed by atoms with E-state index in [2.05, 4.69) is 24.1 Å². The molecular weight excluding hydrogens is 376 g/mol. The van der Waals surface area contributed by atoms with Crippen molar-refractivity contribution < 1.29 is 29.7 Å². The van der Waals surface area contributed by atoms with Gasteiger partial charge in [-0.3, -0.25) is 14.5 Å². The number of nitrogens with one attached hydrogen (secondary N) is 1. The van der Waals surface area contributed by atoms with E-state index in [1.165, 1.54) is 0 Å². The van der Waals surface area contributed by atoms with Gasteiger partial charge in [0, 0.05) is 25.4 Å². The summed E-state index contributed by atoms with van der Waals surface area (Å²) in [6, 6.07) is 6.00. The molecule has 0 aromatic heterocycles. The summed E-state index contributed by atoms with van der Waals surface area (Å²) in [7, 11) is 0. The van der Waals surface area contributed by atoms with Gasteiger partial charge in [0.2, 0.25) is 5.91 Å². The summed E-state index contributed by atoms with van der Waals surface area (Å²) in [4.78, 5) is 36.4. The highest BCUT2D eigenvalue weighted by molar-refractivity contribution is 5.84. The van der Waals surface area contributed by atoms with Gasteiger partial charge in [-0.25, -0.2) is 4.79 Å². The van der Waals surface area contributed by atoms with Crippen molar-refractivity contribution in [2.45, 2.75) is 51.6 Å². The zero-order valence-electron chi connectivity index (χ0n) is 16.9. The Kier molecular flexibility index (Phi) is 8.01. The van der Waals surface area contributed by atoms with E-state index in [1.54, 1.807) is 18.2 Å². The van der Waals surface area contributed by atoms with Crippen molar-refractivity contribution in [3.8, 4) is 5.75 Å². The van der Waals surface area contributed by atoms with Crippen LogP contribution in [0.5, 0.6) is 5.75 Å². The Bertz CT molecular complexity index is 738. The van der Waals surface area contributed by atoms with Crippen LogP contribution in [0.4, 0.5) is 0 Å². The van der Waals surface area contributed by atoms with Crippen LogP contribution in [0.1, 0.15) is 51.1 Å². The molecule has 0 saturated carbocycles. The quantitative estimate of drug-likeness (QED) is 0.495. The summed E-state index contributed by atoms with van der Waals surface area (Å²) in [6.07, 6.45) is 0.640. The van der Waals surface area contributed by atoms with Crippen LogP contribution in [0.2, 0.25) is 0 Å². The number of aliphatic carboxylic acids is 2. The number of hydrogen-bond acceptors (Lipinski definition) is 5. The van der Waals surface area contributed by atoms with Crippen LogP contribution in [-0.4, -0.2) is 57.2 Å². The Hall–Kier alpha value is -2.61. The molecule has 1 aliphatic heterocycles. The van der Waals surface area contributed by atoms with Gasteiger partial charge >= 0.3 is 11.9 Å². The lowest BCUT2D eigenvalue weighted by atomic mass is 9.79. The van der Waals surface area contributed by atoms with Crippen molar-refractivity contribution in [3.05, 3.63) is 29.8 Å². The first-order valence-electron chi connectivity index (χ1n) is 9.96. The molecular formula is C21H30N2O6. The molecule has 2 rings (SSSR count). The Morgan fingerprint density at radius 2 is 1.93 bits per heavy atom. The summed E-state index contributed by atoms with van der Waals surface area (Å²) < 4.78 is 0. The Labute approximate surface area is 170 Å². The monoisotopic (exact) mass is 406 g/mol. The second-order valence-corrected chi connectivity index (χ2v) is 7.84. The van der Waals surface area contributed by atoms with Crippen molar-refractivity contribution in [2.24, 2.45) is 11.8 Å². The van der Waals surface area contributed by atoms with E-state index < -0.39 is 23.9 Å². The molecule has 1 aromatic rings. The number of aromatic hydroxyl groups is 1. The summed E-state index contributed by atoms with van der Waals surface area (Å²) >= 11 is 0. The van der Waals surface area contributed by atoms with Crippen LogP contribution in [-0.2, 0) is 14.4 Å². The van der Waals surface area contributed by atoms with Gasteiger partial charge < -0.3 is 20.6 Å². The maximum atomic E-state index is 12.3. The molecule has 1 unspecified atom stereocenters. The number of hydrogen-bond donors (Lipinski definition) is 4. The molecule has 1 fully saturated rings. The third kappa shape index (κ3) is 6.45. The van der Waals surface area contributed by atoms with Gasteiger partial charge in [-0.05, 0) is 48.9 Å². The lowest BCUT2D eigenvalue weighted by Crippen LogP contribution is -2.45. The highest BCUT2D eigenvalue weighted by Crippen LogP contribution is 2.39. The van der Waals surface area contributed by atoms with Crippen LogP contribution in [0.15, 0.2) is 24.3 Å². The molecule has 29 heavy (non-hydrogen) atoms. The first kappa shape index (κ1) is 22.7. The minimum absolute atomic E-state index is 0.0564. The summed E-state index contributed by atoms with van der Waals surface area (Å²) in [5.74, 6) is -1.72. The maximum absolute atomic E-state index is 12.3. The normalized spacial score (nSPS) is 23.3. The average molecular weight is 406 g/mol. The van der Waals surface area contributed by atoms with Gasteiger partial charge in [0.25, 0.3) is 0 Å². The molecule has 1 heterocycles. The van der Waals surface area contributed by atoms with Gasteiger partial charge in [-0.2, -0.15) is 0 Å². The summed E-state index contributed by atoms with van der Waals surface area (Å²) in [5.41, 5.74) is 0.995. The number of benzene rings is 1. The van der Waals surface area contributed by atoms with Crippen LogP contribution < -0.4 is 5.32 Å². The number of nitrogens with zero attached hydrogens (tertiary/aromatic N) is 1.